The molecule has 0 aliphatic carbocycles. The van der Waals surface area contributed by atoms with Crippen molar-refractivity contribution in [2.45, 2.75) is 0 Å². The van der Waals surface area contributed by atoms with Crippen molar-refractivity contribution in [3.63, 3.8) is 0 Å². The van der Waals surface area contributed by atoms with Gasteiger partial charge in [-0.1, -0.05) is 109 Å². The van der Waals surface area contributed by atoms with Gasteiger partial charge in [-0.05, 0) is 39.4 Å². The molecule has 0 aliphatic heterocycles. The Bertz CT molecular complexity index is 1250. The van der Waals surface area contributed by atoms with Gasteiger partial charge in [0.2, 0.25) is 0 Å². The van der Waals surface area contributed by atoms with E-state index in [4.69, 9.17) is 0 Å². The third-order valence-electron chi connectivity index (χ3n) is 5.50. The van der Waals surface area contributed by atoms with Crippen LogP contribution in [0, 0.1) is 0 Å². The van der Waals surface area contributed by atoms with Gasteiger partial charge in [-0.25, -0.2) is 4.79 Å². The number of thiophene rings is 1. The summed E-state index contributed by atoms with van der Waals surface area (Å²) >= 11 is 1.32. The van der Waals surface area contributed by atoms with Crippen molar-refractivity contribution in [3.8, 4) is 43.8 Å². The fraction of sp³-hybridized carbons (Fsp3) is 0. The van der Waals surface area contributed by atoms with Crippen LogP contribution >= 0.6 is 11.3 Å². The molecule has 0 amide bonds. The van der Waals surface area contributed by atoms with E-state index in [1.807, 2.05) is 36.4 Å². The lowest BCUT2D eigenvalue weighted by Gasteiger charge is -2.08. The Morgan fingerprint density at radius 2 is 0.938 bits per heavy atom. The molecule has 3 heteroatoms. The van der Waals surface area contributed by atoms with Crippen LogP contribution < -0.4 is 0 Å². The Kier molecular flexibility index (Phi) is 5.40. The van der Waals surface area contributed by atoms with Gasteiger partial charge in [-0.3, -0.25) is 0 Å². The quantitative estimate of drug-likeness (QED) is 0.304. The molecule has 0 aliphatic rings. The van der Waals surface area contributed by atoms with E-state index in [9.17, 15) is 9.90 Å². The second-order valence-corrected chi connectivity index (χ2v) is 8.60. The van der Waals surface area contributed by atoms with Gasteiger partial charge in [0.15, 0.2) is 0 Å². The molecule has 0 unspecified atom stereocenters. The number of hydrogen-bond donors (Lipinski definition) is 1. The molecule has 1 aromatic heterocycles. The van der Waals surface area contributed by atoms with Crippen molar-refractivity contribution in [1.82, 2.24) is 0 Å². The Balaban J connectivity index is 1.53. The van der Waals surface area contributed by atoms with E-state index in [1.165, 1.54) is 11.3 Å². The molecule has 0 atom stereocenters. The van der Waals surface area contributed by atoms with Gasteiger partial charge in [-0.15, -0.1) is 11.3 Å². The van der Waals surface area contributed by atoms with Gasteiger partial charge in [0.05, 0.1) is 0 Å². The minimum atomic E-state index is -0.899. The highest BCUT2D eigenvalue weighted by Crippen LogP contribution is 2.40. The van der Waals surface area contributed by atoms with E-state index in [0.717, 1.165) is 43.8 Å². The van der Waals surface area contributed by atoms with E-state index in [0.29, 0.717) is 4.88 Å². The van der Waals surface area contributed by atoms with Crippen LogP contribution in [0.5, 0.6) is 0 Å². The summed E-state index contributed by atoms with van der Waals surface area (Å²) in [5.74, 6) is -0.899. The summed E-state index contributed by atoms with van der Waals surface area (Å²) in [5.41, 5.74) is 7.56. The summed E-state index contributed by atoms with van der Waals surface area (Å²) in [4.78, 5) is 13.0. The lowest BCUT2D eigenvalue weighted by atomic mass is 9.97. The second kappa shape index (κ2) is 8.66. The van der Waals surface area contributed by atoms with E-state index in [2.05, 4.69) is 72.8 Å². The summed E-state index contributed by atoms with van der Waals surface area (Å²) < 4.78 is 0. The Labute approximate surface area is 191 Å². The molecule has 5 rings (SSSR count). The Morgan fingerprint density at radius 3 is 1.41 bits per heavy atom. The molecule has 1 heterocycles. The molecule has 1 N–H and O–H groups in total. The summed E-state index contributed by atoms with van der Waals surface area (Å²) in [6.45, 7) is 0. The molecule has 0 radical (unpaired) electrons. The normalized spacial score (nSPS) is 10.8. The molecule has 2 nitrogen and oxygen atoms in total. The number of carboxylic acids is 1. The SMILES string of the molecule is O=C(O)c1cc(-c2ccc(-c3ccccc3)cc2)c(-c2ccc(-c3ccccc3)cc2)s1. The number of aromatic carboxylic acids is 1. The molecule has 0 spiro atoms. The first-order chi connectivity index (χ1) is 15.7. The number of carbonyl (C=O) groups is 1. The van der Waals surface area contributed by atoms with Gasteiger partial charge >= 0.3 is 5.97 Å². The average Bonchev–Trinajstić information content (AvgIpc) is 3.31. The fourth-order valence-electron chi connectivity index (χ4n) is 3.84. The molecule has 5 aromatic rings. The molecular weight excluding hydrogens is 412 g/mol. The highest BCUT2D eigenvalue weighted by Gasteiger charge is 2.17. The lowest BCUT2D eigenvalue weighted by Crippen LogP contribution is -1.89. The molecule has 0 fully saturated rings. The standard InChI is InChI=1S/C29H20O2S/c30-29(31)27-19-26(24-15-11-22(12-16-24)20-7-3-1-4-8-20)28(32-27)25-17-13-23(14-18-25)21-9-5-2-6-10-21/h1-19H,(H,30,31). The van der Waals surface area contributed by atoms with Crippen molar-refractivity contribution in [3.05, 3.63) is 120 Å². The van der Waals surface area contributed by atoms with Crippen molar-refractivity contribution in [2.75, 3.05) is 0 Å². The summed E-state index contributed by atoms with van der Waals surface area (Å²) in [5, 5.41) is 9.61. The van der Waals surface area contributed by atoms with Crippen LogP contribution in [-0.4, -0.2) is 11.1 Å². The highest BCUT2D eigenvalue weighted by atomic mass is 32.1. The molecule has 4 aromatic carbocycles. The average molecular weight is 433 g/mol. The molecule has 0 saturated carbocycles. The maximum absolute atomic E-state index is 11.7. The predicted molar refractivity (Wildman–Crippen MR) is 133 cm³/mol. The minimum Gasteiger partial charge on any atom is -0.477 e. The zero-order valence-corrected chi connectivity index (χ0v) is 18.0. The molecular formula is C29H20O2S. The van der Waals surface area contributed by atoms with Crippen molar-refractivity contribution < 1.29 is 9.90 Å². The van der Waals surface area contributed by atoms with Gasteiger partial charge in [0.1, 0.15) is 4.88 Å². The zero-order valence-electron chi connectivity index (χ0n) is 17.2. The Hall–Kier alpha value is -3.95. The van der Waals surface area contributed by atoms with E-state index < -0.39 is 5.97 Å². The zero-order chi connectivity index (χ0) is 21.9. The minimum absolute atomic E-state index is 0.342. The van der Waals surface area contributed by atoms with Crippen LogP contribution in [0.1, 0.15) is 9.67 Å². The van der Waals surface area contributed by atoms with Crippen LogP contribution in [0.25, 0.3) is 43.8 Å². The Morgan fingerprint density at radius 1 is 0.531 bits per heavy atom. The highest BCUT2D eigenvalue weighted by molar-refractivity contribution is 7.18. The van der Waals surface area contributed by atoms with Crippen LogP contribution in [0.4, 0.5) is 0 Å². The fourth-order valence-corrected chi connectivity index (χ4v) is 4.87. The summed E-state index contributed by atoms with van der Waals surface area (Å²) in [6.07, 6.45) is 0. The molecule has 0 bridgehead atoms. The van der Waals surface area contributed by atoms with Crippen molar-refractivity contribution in [2.24, 2.45) is 0 Å². The van der Waals surface area contributed by atoms with Gasteiger partial charge in [0, 0.05) is 10.4 Å². The number of hydrogen-bond acceptors (Lipinski definition) is 2. The first-order valence-electron chi connectivity index (χ1n) is 10.4. The topological polar surface area (TPSA) is 37.3 Å². The first-order valence-corrected chi connectivity index (χ1v) is 11.2. The third-order valence-corrected chi connectivity index (χ3v) is 6.67. The van der Waals surface area contributed by atoms with Crippen LogP contribution in [0.15, 0.2) is 115 Å². The van der Waals surface area contributed by atoms with E-state index in [-0.39, 0.29) is 0 Å². The first kappa shape index (κ1) is 20.0. The summed E-state index contributed by atoms with van der Waals surface area (Å²) in [6, 6.07) is 38.9. The molecule has 0 saturated heterocycles. The second-order valence-electron chi connectivity index (χ2n) is 7.55. The molecule has 154 valence electrons. The van der Waals surface area contributed by atoms with Crippen LogP contribution in [0.2, 0.25) is 0 Å². The maximum atomic E-state index is 11.7. The number of benzene rings is 4. The van der Waals surface area contributed by atoms with Gasteiger partial charge in [0.25, 0.3) is 0 Å². The monoisotopic (exact) mass is 432 g/mol. The smallest absolute Gasteiger partial charge is 0.345 e. The van der Waals surface area contributed by atoms with Crippen LogP contribution in [-0.2, 0) is 0 Å². The van der Waals surface area contributed by atoms with Gasteiger partial charge < -0.3 is 5.11 Å². The number of rotatable bonds is 5. The number of carboxylic acid groups (broad SMARTS) is 1. The van der Waals surface area contributed by atoms with Crippen LogP contribution in [0.3, 0.4) is 0 Å². The van der Waals surface area contributed by atoms with Crippen molar-refractivity contribution >= 4 is 17.3 Å². The van der Waals surface area contributed by atoms with E-state index >= 15 is 0 Å². The largest absolute Gasteiger partial charge is 0.477 e. The molecule has 32 heavy (non-hydrogen) atoms. The maximum Gasteiger partial charge on any atom is 0.345 e. The predicted octanol–water partition coefficient (Wildman–Crippen LogP) is 8.11. The third kappa shape index (κ3) is 3.98. The lowest BCUT2D eigenvalue weighted by molar-refractivity contribution is 0.0702. The summed E-state index contributed by atoms with van der Waals surface area (Å²) in [7, 11) is 0. The van der Waals surface area contributed by atoms with E-state index in [1.54, 1.807) is 6.07 Å². The van der Waals surface area contributed by atoms with Crippen molar-refractivity contribution in [1.29, 1.82) is 0 Å². The van der Waals surface area contributed by atoms with Gasteiger partial charge in [-0.2, -0.15) is 0 Å².